The van der Waals surface area contributed by atoms with Gasteiger partial charge in [0, 0.05) is 5.92 Å². The van der Waals surface area contributed by atoms with Crippen LogP contribution in [0.1, 0.15) is 13.8 Å². The molecule has 0 saturated carbocycles. The molecule has 0 radical (unpaired) electrons. The molecule has 0 aromatic heterocycles. The van der Waals surface area contributed by atoms with Crippen molar-refractivity contribution >= 4 is 0 Å². The maximum absolute atomic E-state index is 5.02. The molecule has 0 saturated heterocycles. The molecule has 8 heavy (non-hydrogen) atoms. The van der Waals surface area contributed by atoms with E-state index < -0.39 is 0 Å². The minimum atomic E-state index is 0.426. The molecule has 1 aliphatic rings. The first kappa shape index (κ1) is 5.42. The van der Waals surface area contributed by atoms with Gasteiger partial charge in [0.25, 0.3) is 0 Å². The van der Waals surface area contributed by atoms with Gasteiger partial charge in [0.1, 0.15) is 5.76 Å². The maximum Gasteiger partial charge on any atom is 0.103 e. The van der Waals surface area contributed by atoms with E-state index in [0.717, 1.165) is 5.76 Å². The fraction of sp³-hybridized carbons (Fsp3) is 0.429. The molecule has 44 valence electrons. The lowest BCUT2D eigenvalue weighted by atomic mass is 10.1. The summed E-state index contributed by atoms with van der Waals surface area (Å²) in [5, 5.41) is 0. The lowest BCUT2D eigenvalue weighted by Crippen LogP contribution is -1.91. The minimum absolute atomic E-state index is 0.426. The van der Waals surface area contributed by atoms with Gasteiger partial charge in [-0.15, -0.1) is 0 Å². The van der Waals surface area contributed by atoms with Gasteiger partial charge in [-0.1, -0.05) is 13.5 Å². The molecule has 1 heteroatoms. The summed E-state index contributed by atoms with van der Waals surface area (Å²) in [4.78, 5) is 0. The largest absolute Gasteiger partial charge is 0.469 e. The van der Waals surface area contributed by atoms with Crippen LogP contribution in [0, 0.1) is 5.92 Å². The van der Waals surface area contributed by atoms with Crippen LogP contribution in [0.15, 0.2) is 24.2 Å². The summed E-state index contributed by atoms with van der Waals surface area (Å²) >= 11 is 0. The highest BCUT2D eigenvalue weighted by Gasteiger charge is 2.15. The van der Waals surface area contributed by atoms with Gasteiger partial charge >= 0.3 is 0 Å². The smallest absolute Gasteiger partial charge is 0.103 e. The van der Waals surface area contributed by atoms with Gasteiger partial charge in [-0.25, -0.2) is 0 Å². The Morgan fingerprint density at radius 1 is 1.75 bits per heavy atom. The van der Waals surface area contributed by atoms with E-state index in [1.807, 2.05) is 6.92 Å². The minimum Gasteiger partial charge on any atom is -0.469 e. The lowest BCUT2D eigenvalue weighted by Gasteiger charge is -2.00. The second kappa shape index (κ2) is 1.66. The molecule has 0 aromatic carbocycles. The van der Waals surface area contributed by atoms with Crippen LogP contribution < -0.4 is 0 Å². The van der Waals surface area contributed by atoms with Crippen LogP contribution in [0.2, 0.25) is 0 Å². The first-order valence-corrected chi connectivity index (χ1v) is 2.74. The molecule has 0 amide bonds. The Morgan fingerprint density at radius 2 is 2.38 bits per heavy atom. The Morgan fingerprint density at radius 3 is 2.50 bits per heavy atom. The Hall–Kier alpha value is -0.720. The number of allylic oxidation sites excluding steroid dienone is 1. The van der Waals surface area contributed by atoms with Gasteiger partial charge in [0.15, 0.2) is 0 Å². The standard InChI is InChI=1S/C7H10O/c1-5-4-8-7(3)6(5)2/h4,6H,3H2,1-2H3. The van der Waals surface area contributed by atoms with Gasteiger partial charge < -0.3 is 4.74 Å². The van der Waals surface area contributed by atoms with E-state index in [-0.39, 0.29) is 0 Å². The topological polar surface area (TPSA) is 9.23 Å². The Bertz CT molecular complexity index is 144. The molecule has 1 atom stereocenters. The Labute approximate surface area is 49.7 Å². The van der Waals surface area contributed by atoms with E-state index in [1.165, 1.54) is 5.57 Å². The zero-order chi connectivity index (χ0) is 6.15. The van der Waals surface area contributed by atoms with Crippen molar-refractivity contribution in [2.24, 2.45) is 5.92 Å². The monoisotopic (exact) mass is 110 g/mol. The van der Waals surface area contributed by atoms with Crippen molar-refractivity contribution in [2.45, 2.75) is 13.8 Å². The number of ether oxygens (including phenoxy) is 1. The van der Waals surface area contributed by atoms with Gasteiger partial charge in [-0.05, 0) is 12.5 Å². The third-order valence-corrected chi connectivity index (χ3v) is 1.56. The highest BCUT2D eigenvalue weighted by Crippen LogP contribution is 2.25. The summed E-state index contributed by atoms with van der Waals surface area (Å²) in [5.74, 6) is 1.29. The van der Waals surface area contributed by atoms with Crippen LogP contribution in [-0.2, 0) is 4.74 Å². The van der Waals surface area contributed by atoms with Crippen molar-refractivity contribution in [2.75, 3.05) is 0 Å². The Balaban J connectivity index is 2.72. The van der Waals surface area contributed by atoms with E-state index in [0.29, 0.717) is 5.92 Å². The maximum atomic E-state index is 5.02. The fourth-order valence-electron chi connectivity index (χ4n) is 0.627. The molecule has 1 nitrogen and oxygen atoms in total. The Kier molecular flexibility index (Phi) is 1.12. The van der Waals surface area contributed by atoms with Crippen molar-refractivity contribution in [3.8, 4) is 0 Å². The van der Waals surface area contributed by atoms with Crippen LogP contribution in [0.25, 0.3) is 0 Å². The summed E-state index contributed by atoms with van der Waals surface area (Å²) in [6, 6.07) is 0. The van der Waals surface area contributed by atoms with Gasteiger partial charge in [-0.3, -0.25) is 0 Å². The van der Waals surface area contributed by atoms with E-state index in [9.17, 15) is 0 Å². The second-order valence-corrected chi connectivity index (χ2v) is 2.17. The molecule has 0 aromatic rings. The second-order valence-electron chi connectivity index (χ2n) is 2.17. The van der Waals surface area contributed by atoms with E-state index in [1.54, 1.807) is 6.26 Å². The first-order valence-electron chi connectivity index (χ1n) is 2.74. The molecular formula is C7H10O. The van der Waals surface area contributed by atoms with E-state index in [4.69, 9.17) is 4.74 Å². The lowest BCUT2D eigenvalue weighted by molar-refractivity contribution is 0.350. The average Bonchev–Trinajstić information content (AvgIpc) is 1.98. The summed E-state index contributed by atoms with van der Waals surface area (Å²) in [6.45, 7) is 7.84. The van der Waals surface area contributed by atoms with E-state index in [2.05, 4.69) is 13.5 Å². The predicted octanol–water partition coefficient (Wildman–Crippen LogP) is 2.07. The highest BCUT2D eigenvalue weighted by molar-refractivity contribution is 5.16. The van der Waals surface area contributed by atoms with Crippen LogP contribution in [0.5, 0.6) is 0 Å². The third kappa shape index (κ3) is 0.641. The zero-order valence-electron chi connectivity index (χ0n) is 5.27. The van der Waals surface area contributed by atoms with Crippen molar-refractivity contribution in [3.63, 3.8) is 0 Å². The molecule has 1 aliphatic heterocycles. The SMILES string of the molecule is C=C1OC=C(C)C1C. The van der Waals surface area contributed by atoms with Crippen LogP contribution in [-0.4, -0.2) is 0 Å². The third-order valence-electron chi connectivity index (χ3n) is 1.56. The summed E-state index contributed by atoms with van der Waals surface area (Å²) in [7, 11) is 0. The number of hydrogen-bond acceptors (Lipinski definition) is 1. The average molecular weight is 110 g/mol. The summed E-state index contributed by atoms with van der Waals surface area (Å²) in [5.41, 5.74) is 1.26. The molecule has 1 rings (SSSR count). The van der Waals surface area contributed by atoms with Crippen molar-refractivity contribution in [1.82, 2.24) is 0 Å². The van der Waals surface area contributed by atoms with Crippen molar-refractivity contribution < 1.29 is 4.74 Å². The van der Waals surface area contributed by atoms with Crippen molar-refractivity contribution in [1.29, 1.82) is 0 Å². The molecule has 0 spiro atoms. The fourth-order valence-corrected chi connectivity index (χ4v) is 0.627. The number of hydrogen-bond donors (Lipinski definition) is 0. The van der Waals surface area contributed by atoms with Gasteiger partial charge in [-0.2, -0.15) is 0 Å². The highest BCUT2D eigenvalue weighted by atomic mass is 16.5. The van der Waals surface area contributed by atoms with Gasteiger partial charge in [0.05, 0.1) is 6.26 Å². The number of rotatable bonds is 0. The first-order chi connectivity index (χ1) is 3.72. The molecule has 0 fully saturated rings. The molecule has 1 unspecified atom stereocenters. The zero-order valence-corrected chi connectivity index (χ0v) is 5.27. The summed E-state index contributed by atoms with van der Waals surface area (Å²) < 4.78 is 5.02. The van der Waals surface area contributed by atoms with Crippen LogP contribution in [0.3, 0.4) is 0 Å². The van der Waals surface area contributed by atoms with Crippen LogP contribution in [0.4, 0.5) is 0 Å². The summed E-state index contributed by atoms with van der Waals surface area (Å²) in [6.07, 6.45) is 1.76. The van der Waals surface area contributed by atoms with Crippen LogP contribution >= 0.6 is 0 Å². The predicted molar refractivity (Wildman–Crippen MR) is 33.1 cm³/mol. The molecule has 0 N–H and O–H groups in total. The van der Waals surface area contributed by atoms with Crippen molar-refractivity contribution in [3.05, 3.63) is 24.2 Å². The molecular weight excluding hydrogens is 100 g/mol. The quantitative estimate of drug-likeness (QED) is 0.464. The molecule has 0 bridgehead atoms. The molecule has 1 heterocycles. The van der Waals surface area contributed by atoms with E-state index >= 15 is 0 Å². The molecule has 0 aliphatic carbocycles. The van der Waals surface area contributed by atoms with Gasteiger partial charge in [0.2, 0.25) is 0 Å². The normalized spacial score (nSPS) is 27.5.